The molecule has 1 amide bonds. The lowest BCUT2D eigenvalue weighted by Gasteiger charge is -2.13. The van der Waals surface area contributed by atoms with E-state index in [0.29, 0.717) is 35.8 Å². The average Bonchev–Trinajstić information content (AvgIpc) is 2.84. The minimum absolute atomic E-state index is 0.266. The first-order valence-electron chi connectivity index (χ1n) is 11.1. The first-order chi connectivity index (χ1) is 16.1. The number of hydrogen-bond acceptors (Lipinski definition) is 5. The van der Waals surface area contributed by atoms with Crippen LogP contribution in [-0.2, 0) is 11.3 Å². The Morgan fingerprint density at radius 1 is 0.848 bits per heavy atom. The number of para-hydroxylation sites is 1. The van der Waals surface area contributed by atoms with Crippen molar-refractivity contribution >= 4 is 17.6 Å². The Bertz CT molecular complexity index is 1050. The first-order valence-corrected chi connectivity index (χ1v) is 11.1. The van der Waals surface area contributed by atoms with Gasteiger partial charge in [0.25, 0.3) is 5.91 Å². The number of ether oxygens (including phenoxy) is 3. The molecule has 0 aliphatic heterocycles. The fraction of sp³-hybridized carbons (Fsp3) is 0.259. The highest BCUT2D eigenvalue weighted by atomic mass is 16.5. The summed E-state index contributed by atoms with van der Waals surface area (Å²) in [6.45, 7) is 5.13. The van der Waals surface area contributed by atoms with Crippen molar-refractivity contribution in [3.05, 3.63) is 89.5 Å². The summed E-state index contributed by atoms with van der Waals surface area (Å²) >= 11 is 0. The Labute approximate surface area is 194 Å². The van der Waals surface area contributed by atoms with Crippen LogP contribution in [-0.4, -0.2) is 25.1 Å². The molecule has 0 fully saturated rings. The monoisotopic (exact) mass is 447 g/mol. The second-order valence-electron chi connectivity index (χ2n) is 7.38. The van der Waals surface area contributed by atoms with Gasteiger partial charge in [-0.05, 0) is 67.9 Å². The number of nitrogens with one attached hydrogen (secondary N) is 1. The molecule has 0 atom stereocenters. The smallest absolute Gasteiger partial charge is 0.338 e. The van der Waals surface area contributed by atoms with Gasteiger partial charge in [0, 0.05) is 16.8 Å². The van der Waals surface area contributed by atoms with E-state index < -0.39 is 0 Å². The maximum Gasteiger partial charge on any atom is 0.338 e. The van der Waals surface area contributed by atoms with Crippen LogP contribution in [0, 0.1) is 0 Å². The molecular weight excluding hydrogens is 418 g/mol. The highest BCUT2D eigenvalue weighted by Gasteiger charge is 2.13. The molecule has 0 heterocycles. The molecular formula is C27H29NO5. The molecule has 0 saturated heterocycles. The summed E-state index contributed by atoms with van der Waals surface area (Å²) in [5.74, 6) is 0.784. The fourth-order valence-corrected chi connectivity index (χ4v) is 3.09. The van der Waals surface area contributed by atoms with E-state index in [1.54, 1.807) is 42.5 Å². The summed E-state index contributed by atoms with van der Waals surface area (Å²) in [5, 5.41) is 2.86. The van der Waals surface area contributed by atoms with Gasteiger partial charge in [-0.25, -0.2) is 4.79 Å². The van der Waals surface area contributed by atoms with Crippen molar-refractivity contribution in [3.8, 4) is 11.5 Å². The van der Waals surface area contributed by atoms with E-state index in [1.807, 2.05) is 44.2 Å². The molecule has 3 rings (SSSR count). The number of rotatable bonds is 11. The third-order valence-corrected chi connectivity index (χ3v) is 4.87. The van der Waals surface area contributed by atoms with Crippen molar-refractivity contribution in [2.75, 3.05) is 18.5 Å². The summed E-state index contributed by atoms with van der Waals surface area (Å²) in [4.78, 5) is 24.8. The topological polar surface area (TPSA) is 73.9 Å². The van der Waals surface area contributed by atoms with Crippen molar-refractivity contribution in [2.45, 2.75) is 33.3 Å². The predicted molar refractivity (Wildman–Crippen MR) is 128 cm³/mol. The van der Waals surface area contributed by atoms with Gasteiger partial charge in [-0.3, -0.25) is 4.79 Å². The van der Waals surface area contributed by atoms with Crippen LogP contribution in [0.5, 0.6) is 11.5 Å². The van der Waals surface area contributed by atoms with Gasteiger partial charge >= 0.3 is 5.97 Å². The third-order valence-electron chi connectivity index (χ3n) is 4.87. The predicted octanol–water partition coefficient (Wildman–Crippen LogP) is 5.87. The van der Waals surface area contributed by atoms with Gasteiger partial charge in [0.2, 0.25) is 0 Å². The van der Waals surface area contributed by atoms with E-state index in [0.717, 1.165) is 24.2 Å². The molecule has 1 N–H and O–H groups in total. The van der Waals surface area contributed by atoms with Gasteiger partial charge in [0.1, 0.15) is 18.1 Å². The number of benzene rings is 3. The third kappa shape index (κ3) is 7.10. The van der Waals surface area contributed by atoms with Crippen LogP contribution in [0.3, 0.4) is 0 Å². The van der Waals surface area contributed by atoms with Crippen molar-refractivity contribution in [3.63, 3.8) is 0 Å². The lowest BCUT2D eigenvalue weighted by molar-refractivity contribution is 0.0499. The quantitative estimate of drug-likeness (QED) is 0.294. The normalized spacial score (nSPS) is 10.4. The minimum atomic E-state index is -0.365. The zero-order valence-corrected chi connectivity index (χ0v) is 19.0. The molecule has 6 nitrogen and oxygen atoms in total. The fourth-order valence-electron chi connectivity index (χ4n) is 3.09. The zero-order valence-electron chi connectivity index (χ0n) is 19.0. The van der Waals surface area contributed by atoms with E-state index in [-0.39, 0.29) is 18.5 Å². The van der Waals surface area contributed by atoms with Crippen LogP contribution < -0.4 is 14.8 Å². The molecule has 0 saturated carbocycles. The highest BCUT2D eigenvalue weighted by molar-refractivity contribution is 6.04. The number of carbonyl (C=O) groups excluding carboxylic acids is 2. The molecule has 6 heteroatoms. The van der Waals surface area contributed by atoms with Gasteiger partial charge < -0.3 is 19.5 Å². The van der Waals surface area contributed by atoms with Crippen molar-refractivity contribution in [2.24, 2.45) is 0 Å². The Morgan fingerprint density at radius 2 is 1.58 bits per heavy atom. The van der Waals surface area contributed by atoms with Crippen LogP contribution in [0.25, 0.3) is 0 Å². The second kappa shape index (κ2) is 12.3. The van der Waals surface area contributed by atoms with E-state index >= 15 is 0 Å². The van der Waals surface area contributed by atoms with Crippen LogP contribution in [0.4, 0.5) is 5.69 Å². The Balaban J connectivity index is 1.66. The number of unbranched alkanes of at least 4 members (excludes halogenated alkanes) is 1. The largest absolute Gasteiger partial charge is 0.493 e. The van der Waals surface area contributed by atoms with E-state index in [4.69, 9.17) is 14.2 Å². The van der Waals surface area contributed by atoms with Gasteiger partial charge in [-0.15, -0.1) is 0 Å². The van der Waals surface area contributed by atoms with Crippen LogP contribution in [0.2, 0.25) is 0 Å². The van der Waals surface area contributed by atoms with Crippen molar-refractivity contribution < 1.29 is 23.8 Å². The number of carbonyl (C=O) groups is 2. The number of amides is 1. The molecule has 0 bridgehead atoms. The molecule has 0 unspecified atom stereocenters. The highest BCUT2D eigenvalue weighted by Crippen LogP contribution is 2.23. The summed E-state index contributed by atoms with van der Waals surface area (Å²) in [7, 11) is 0. The lowest BCUT2D eigenvalue weighted by atomic mass is 10.1. The van der Waals surface area contributed by atoms with Crippen LogP contribution in [0.15, 0.2) is 72.8 Å². The van der Waals surface area contributed by atoms with Crippen molar-refractivity contribution in [1.82, 2.24) is 0 Å². The summed E-state index contributed by atoms with van der Waals surface area (Å²) < 4.78 is 16.7. The van der Waals surface area contributed by atoms with E-state index in [2.05, 4.69) is 5.32 Å². The van der Waals surface area contributed by atoms with Gasteiger partial charge in [0.05, 0.1) is 18.8 Å². The maximum atomic E-state index is 12.8. The lowest BCUT2D eigenvalue weighted by Crippen LogP contribution is -2.13. The maximum absolute atomic E-state index is 12.8. The molecule has 0 aliphatic carbocycles. The Kier molecular flexibility index (Phi) is 8.88. The van der Waals surface area contributed by atoms with E-state index in [9.17, 15) is 9.59 Å². The van der Waals surface area contributed by atoms with Crippen LogP contribution >= 0.6 is 0 Å². The van der Waals surface area contributed by atoms with E-state index in [1.165, 1.54) is 0 Å². The Morgan fingerprint density at radius 3 is 2.27 bits per heavy atom. The SMILES string of the molecule is CCCCOC(=O)c1ccc(NC(=O)c2ccc(OCC)c(COc3ccccc3)c2)cc1. The average molecular weight is 448 g/mol. The molecule has 0 spiro atoms. The van der Waals surface area contributed by atoms with Gasteiger partial charge in [-0.1, -0.05) is 31.5 Å². The second-order valence-corrected chi connectivity index (χ2v) is 7.38. The number of hydrogen-bond donors (Lipinski definition) is 1. The van der Waals surface area contributed by atoms with Crippen LogP contribution in [0.1, 0.15) is 53.0 Å². The van der Waals surface area contributed by atoms with Gasteiger partial charge in [-0.2, -0.15) is 0 Å². The molecule has 0 aromatic heterocycles. The number of esters is 1. The standard InChI is InChI=1S/C27H29NO5/c1-3-5-17-32-27(30)20-11-14-23(15-12-20)28-26(29)21-13-16-25(31-4-2)22(18-21)19-33-24-9-7-6-8-10-24/h6-16,18H,3-5,17,19H2,1-2H3,(H,28,29). The van der Waals surface area contributed by atoms with Gasteiger partial charge in [0.15, 0.2) is 0 Å². The molecule has 0 radical (unpaired) electrons. The molecule has 3 aromatic carbocycles. The first kappa shape index (κ1) is 23.9. The zero-order chi connectivity index (χ0) is 23.5. The molecule has 172 valence electrons. The summed E-state index contributed by atoms with van der Waals surface area (Å²) in [6.07, 6.45) is 1.80. The minimum Gasteiger partial charge on any atom is -0.493 e. The number of anilines is 1. The Hall–Kier alpha value is -3.80. The summed E-state index contributed by atoms with van der Waals surface area (Å²) in [5.41, 5.74) is 2.29. The molecule has 3 aromatic rings. The van der Waals surface area contributed by atoms with Crippen molar-refractivity contribution in [1.29, 1.82) is 0 Å². The molecule has 0 aliphatic rings. The summed E-state index contributed by atoms with van der Waals surface area (Å²) in [6, 6.07) is 21.4. The molecule has 33 heavy (non-hydrogen) atoms.